The molecule has 36 heavy (non-hydrogen) atoms. The molecule has 9 unspecified atom stereocenters. The highest BCUT2D eigenvalue weighted by molar-refractivity contribution is 5.93. The maximum atomic E-state index is 14.0. The molecule has 5 N–H and O–H groups in total. The fourth-order valence-corrected chi connectivity index (χ4v) is 7.60. The standard InChI is InChI=1S/C27H44O9/c1-12(2)19(29)23(32)36-15-11-27(34)14(4)21-25(7,16(28)10-17(35-9)26(21,8)33)22(31)20(30)18(13(15)3)24(27,5)6/h12,14-17,19-21,28-30,33-34H,10-11H2,1-9H3/t14?,15?,16?,17?,19?,20?,21?,25-,26?,27?/m1/s1. The first kappa shape index (κ1) is 29.2. The predicted molar refractivity (Wildman–Crippen MR) is 131 cm³/mol. The van der Waals surface area contributed by atoms with Gasteiger partial charge >= 0.3 is 5.97 Å². The number of rotatable bonds is 4. The Morgan fingerprint density at radius 1 is 1.11 bits per heavy atom. The lowest BCUT2D eigenvalue weighted by Crippen LogP contribution is -2.73. The van der Waals surface area contributed by atoms with Crippen molar-refractivity contribution in [3.63, 3.8) is 0 Å². The molecule has 0 aromatic rings. The number of esters is 1. The van der Waals surface area contributed by atoms with E-state index in [2.05, 4.69) is 0 Å². The first-order valence-electron chi connectivity index (χ1n) is 12.8. The van der Waals surface area contributed by atoms with E-state index in [0.29, 0.717) is 5.57 Å². The molecule has 0 spiro atoms. The van der Waals surface area contributed by atoms with E-state index in [4.69, 9.17) is 9.47 Å². The van der Waals surface area contributed by atoms with Crippen LogP contribution in [0.15, 0.2) is 11.1 Å². The molecule has 3 rings (SSSR count). The second-order valence-corrected chi connectivity index (χ2v) is 12.5. The first-order chi connectivity index (χ1) is 16.3. The van der Waals surface area contributed by atoms with Crippen LogP contribution in [0.2, 0.25) is 0 Å². The minimum Gasteiger partial charge on any atom is -0.456 e. The third kappa shape index (κ3) is 3.81. The summed E-state index contributed by atoms with van der Waals surface area (Å²) in [5.41, 5.74) is -5.42. The topological polar surface area (TPSA) is 154 Å². The van der Waals surface area contributed by atoms with Crippen molar-refractivity contribution in [2.24, 2.45) is 28.6 Å². The molecule has 3 aliphatic carbocycles. The van der Waals surface area contributed by atoms with Crippen LogP contribution >= 0.6 is 0 Å². The number of carbonyl (C=O) groups is 2. The molecule has 0 aromatic carbocycles. The predicted octanol–water partition coefficient (Wildman–Crippen LogP) is 1.13. The molecular weight excluding hydrogens is 468 g/mol. The van der Waals surface area contributed by atoms with Gasteiger partial charge in [0.25, 0.3) is 0 Å². The molecule has 0 radical (unpaired) electrons. The molecule has 10 atom stereocenters. The zero-order valence-electron chi connectivity index (χ0n) is 22.9. The van der Waals surface area contributed by atoms with Crippen molar-refractivity contribution in [2.75, 3.05) is 7.11 Å². The Morgan fingerprint density at radius 3 is 2.17 bits per heavy atom. The van der Waals surface area contributed by atoms with Crippen molar-refractivity contribution in [3.05, 3.63) is 11.1 Å². The van der Waals surface area contributed by atoms with Gasteiger partial charge in [-0.15, -0.1) is 0 Å². The van der Waals surface area contributed by atoms with E-state index >= 15 is 0 Å². The van der Waals surface area contributed by atoms with Crippen LogP contribution in [0.4, 0.5) is 0 Å². The van der Waals surface area contributed by atoms with Crippen molar-refractivity contribution >= 4 is 11.8 Å². The SMILES string of the molecule is COC1CC(O)[C@@]2(C)C(=O)C(O)C3=C(C)C(OC(=O)C(O)C(C)C)CC(O)(C(C)C2C1(C)O)C3(C)C. The molecule has 2 fully saturated rings. The molecular formula is C27H44O9. The van der Waals surface area contributed by atoms with Crippen molar-refractivity contribution in [1.29, 1.82) is 0 Å². The Bertz CT molecular complexity index is 938. The van der Waals surface area contributed by atoms with Crippen molar-refractivity contribution in [2.45, 2.75) is 110 Å². The van der Waals surface area contributed by atoms with Crippen LogP contribution in [0.25, 0.3) is 0 Å². The van der Waals surface area contributed by atoms with Gasteiger partial charge in [0, 0.05) is 31.3 Å². The quantitative estimate of drug-likeness (QED) is 0.275. The molecule has 206 valence electrons. The van der Waals surface area contributed by atoms with Crippen LogP contribution in [0.5, 0.6) is 0 Å². The van der Waals surface area contributed by atoms with E-state index in [-0.39, 0.29) is 18.4 Å². The zero-order valence-corrected chi connectivity index (χ0v) is 22.9. The number of methoxy groups -OCH3 is 1. The smallest absolute Gasteiger partial charge is 0.335 e. The van der Waals surface area contributed by atoms with Gasteiger partial charge in [-0.05, 0) is 43.8 Å². The van der Waals surface area contributed by atoms with Gasteiger partial charge in [0.05, 0.1) is 28.8 Å². The van der Waals surface area contributed by atoms with E-state index in [1.54, 1.807) is 41.5 Å². The number of ketones is 1. The van der Waals surface area contributed by atoms with E-state index in [1.165, 1.54) is 21.0 Å². The second-order valence-electron chi connectivity index (χ2n) is 12.5. The Kier molecular flexibility index (Phi) is 7.41. The summed E-state index contributed by atoms with van der Waals surface area (Å²) in [5, 5.41) is 57.2. The molecule has 0 amide bonds. The van der Waals surface area contributed by atoms with Crippen molar-refractivity contribution < 1.29 is 44.6 Å². The minimum atomic E-state index is -1.72. The molecule has 3 aliphatic rings. The Morgan fingerprint density at radius 2 is 1.67 bits per heavy atom. The molecule has 9 nitrogen and oxygen atoms in total. The van der Waals surface area contributed by atoms with Gasteiger partial charge in [0.15, 0.2) is 11.9 Å². The highest BCUT2D eigenvalue weighted by Crippen LogP contribution is 2.62. The average Bonchev–Trinajstić information content (AvgIpc) is 2.77. The van der Waals surface area contributed by atoms with Crippen LogP contribution in [-0.2, 0) is 19.1 Å². The summed E-state index contributed by atoms with van der Waals surface area (Å²) in [6.07, 6.45) is -6.25. The summed E-state index contributed by atoms with van der Waals surface area (Å²) in [6.45, 7) is 13.2. The molecule has 2 saturated carbocycles. The normalized spacial score (nSPS) is 45.6. The highest BCUT2D eigenvalue weighted by atomic mass is 16.6. The summed E-state index contributed by atoms with van der Waals surface area (Å²) in [5.74, 6) is -3.74. The van der Waals surface area contributed by atoms with Crippen LogP contribution in [-0.4, -0.2) is 86.1 Å². The summed E-state index contributed by atoms with van der Waals surface area (Å²) in [6, 6.07) is 0. The number of Topliss-reactive ketones (excluding diaryl/α,β-unsaturated/α-hetero) is 1. The number of fused-ring (bicyclic) bond motifs is 3. The van der Waals surface area contributed by atoms with Gasteiger partial charge in [0.2, 0.25) is 0 Å². The van der Waals surface area contributed by atoms with Gasteiger partial charge in [-0.2, -0.15) is 0 Å². The summed E-state index contributed by atoms with van der Waals surface area (Å²) >= 11 is 0. The van der Waals surface area contributed by atoms with Crippen molar-refractivity contribution in [1.82, 2.24) is 0 Å². The zero-order chi connectivity index (χ0) is 27.8. The van der Waals surface area contributed by atoms with Crippen LogP contribution < -0.4 is 0 Å². The Hall–Kier alpha value is -1.36. The van der Waals surface area contributed by atoms with Crippen LogP contribution in [0, 0.1) is 28.6 Å². The lowest BCUT2D eigenvalue weighted by molar-refractivity contribution is -0.260. The van der Waals surface area contributed by atoms with Crippen LogP contribution in [0.1, 0.15) is 68.2 Å². The lowest BCUT2D eigenvalue weighted by atomic mass is 9.43. The third-order valence-electron chi connectivity index (χ3n) is 9.94. The minimum absolute atomic E-state index is 0.0190. The molecule has 0 heterocycles. The number of ether oxygens (including phenoxy) is 2. The van der Waals surface area contributed by atoms with Gasteiger partial charge in [-0.3, -0.25) is 4.79 Å². The van der Waals surface area contributed by atoms with Crippen LogP contribution in [0.3, 0.4) is 0 Å². The summed E-state index contributed by atoms with van der Waals surface area (Å²) < 4.78 is 11.2. The van der Waals surface area contributed by atoms with E-state index in [1.807, 2.05) is 0 Å². The van der Waals surface area contributed by atoms with Gasteiger partial charge in [-0.1, -0.05) is 34.6 Å². The largest absolute Gasteiger partial charge is 0.456 e. The fourth-order valence-electron chi connectivity index (χ4n) is 7.60. The maximum Gasteiger partial charge on any atom is 0.335 e. The highest BCUT2D eigenvalue weighted by Gasteiger charge is 2.71. The average molecular weight is 513 g/mol. The molecule has 0 aliphatic heterocycles. The molecule has 0 aromatic heterocycles. The summed E-state index contributed by atoms with van der Waals surface area (Å²) in [7, 11) is 1.41. The molecule has 9 heteroatoms. The van der Waals surface area contributed by atoms with Gasteiger partial charge < -0.3 is 35.0 Å². The van der Waals surface area contributed by atoms with Gasteiger partial charge in [0.1, 0.15) is 12.2 Å². The van der Waals surface area contributed by atoms with E-state index in [9.17, 15) is 35.1 Å². The maximum absolute atomic E-state index is 14.0. The van der Waals surface area contributed by atoms with Gasteiger partial charge in [-0.25, -0.2) is 4.79 Å². The number of carbonyl (C=O) groups excluding carboxylic acids is 2. The first-order valence-corrected chi connectivity index (χ1v) is 12.8. The second kappa shape index (κ2) is 9.13. The van der Waals surface area contributed by atoms with E-state index < -0.39 is 82.1 Å². The number of hydrogen-bond donors (Lipinski definition) is 5. The fraction of sp³-hybridized carbons (Fsp3) is 0.852. The Labute approximate surface area is 213 Å². The Balaban J connectivity index is 2.27. The monoisotopic (exact) mass is 512 g/mol. The number of hydrogen-bond acceptors (Lipinski definition) is 9. The van der Waals surface area contributed by atoms with Crippen molar-refractivity contribution in [3.8, 4) is 0 Å². The summed E-state index contributed by atoms with van der Waals surface area (Å²) in [4.78, 5) is 26.7. The number of aliphatic hydroxyl groups is 5. The van der Waals surface area contributed by atoms with E-state index in [0.717, 1.165) is 0 Å². The number of aliphatic hydroxyl groups excluding tert-OH is 3. The molecule has 2 bridgehead atoms. The third-order valence-corrected chi connectivity index (χ3v) is 9.94. The lowest BCUT2D eigenvalue weighted by Gasteiger charge is -2.64. The molecule has 0 saturated heterocycles.